The van der Waals surface area contributed by atoms with Gasteiger partial charge >= 0.3 is 0 Å². The van der Waals surface area contributed by atoms with Crippen LogP contribution in [-0.2, 0) is 13.2 Å². The van der Waals surface area contributed by atoms with Crippen LogP contribution in [0.1, 0.15) is 16.8 Å². The van der Waals surface area contributed by atoms with E-state index in [4.69, 9.17) is 19.9 Å². The highest BCUT2D eigenvalue weighted by Gasteiger charge is 2.14. The Kier molecular flexibility index (Phi) is 7.22. The first-order valence-electron chi connectivity index (χ1n) is 11.0. The third-order valence-electron chi connectivity index (χ3n) is 5.49. The van der Waals surface area contributed by atoms with Gasteiger partial charge < -0.3 is 19.9 Å². The number of fused-ring (bicyclic) bond motifs is 1. The molecular formula is C28H29N2O3+. The summed E-state index contributed by atoms with van der Waals surface area (Å²) in [5, 5.41) is 1.11. The number of aromatic nitrogens is 1. The Morgan fingerprint density at radius 1 is 0.818 bits per heavy atom. The van der Waals surface area contributed by atoms with Crippen LogP contribution in [0.15, 0.2) is 78.9 Å². The van der Waals surface area contributed by atoms with Gasteiger partial charge in [0.15, 0.2) is 18.0 Å². The van der Waals surface area contributed by atoms with Gasteiger partial charge in [0.05, 0.1) is 26.2 Å². The summed E-state index contributed by atoms with van der Waals surface area (Å²) < 4.78 is 19.1. The van der Waals surface area contributed by atoms with E-state index < -0.39 is 0 Å². The molecular weight excluding hydrogens is 412 g/mol. The minimum Gasteiger partial charge on any atom is -0.497 e. The fourth-order valence-electron chi connectivity index (χ4n) is 3.79. The van der Waals surface area contributed by atoms with Crippen molar-refractivity contribution in [2.45, 2.75) is 13.2 Å². The molecule has 1 aromatic heterocycles. The Morgan fingerprint density at radius 2 is 1.67 bits per heavy atom. The average molecular weight is 442 g/mol. The number of hydrogen-bond donors (Lipinski definition) is 1. The first kappa shape index (κ1) is 22.4. The highest BCUT2D eigenvalue weighted by Crippen LogP contribution is 2.29. The second kappa shape index (κ2) is 10.7. The number of ether oxygens (including phenoxy) is 3. The van der Waals surface area contributed by atoms with Crippen molar-refractivity contribution in [1.29, 1.82) is 0 Å². The lowest BCUT2D eigenvalue weighted by Crippen LogP contribution is -2.41. The van der Waals surface area contributed by atoms with Crippen LogP contribution in [0.25, 0.3) is 23.1 Å². The molecule has 4 aromatic rings. The van der Waals surface area contributed by atoms with E-state index in [9.17, 15) is 0 Å². The zero-order valence-electron chi connectivity index (χ0n) is 19.0. The van der Waals surface area contributed by atoms with E-state index in [2.05, 4.69) is 34.9 Å². The molecule has 0 atom stereocenters. The number of nitrogens with zero attached hydrogens (tertiary/aromatic N) is 1. The van der Waals surface area contributed by atoms with Crippen LogP contribution in [0.2, 0.25) is 0 Å². The van der Waals surface area contributed by atoms with E-state index >= 15 is 0 Å². The first-order chi connectivity index (χ1) is 16.2. The van der Waals surface area contributed by atoms with E-state index in [1.54, 1.807) is 14.2 Å². The number of methoxy groups -OCH3 is 2. The van der Waals surface area contributed by atoms with E-state index in [0.29, 0.717) is 24.7 Å². The second-order valence-electron chi connectivity index (χ2n) is 7.64. The summed E-state index contributed by atoms with van der Waals surface area (Å²) in [6.45, 7) is 1.75. The molecule has 0 spiro atoms. The summed E-state index contributed by atoms with van der Waals surface area (Å²) in [5.74, 6) is 2.26. The lowest BCUT2D eigenvalue weighted by atomic mass is 10.1. The standard InChI is InChI=1S/C28H29N2O3/c1-31-25-13-14-26-23(19-25)10-12-24(30(26)17-16-29)11-8-21-9-15-27(32-2)28(18-21)33-20-22-6-4-3-5-7-22/h3-15,18-19H,16-17,20,29H2,1-2H3/q+1/b11-8+. The van der Waals surface area contributed by atoms with Gasteiger partial charge in [-0.25, -0.2) is 0 Å². The number of rotatable bonds is 9. The molecule has 0 bridgehead atoms. The molecule has 0 aliphatic rings. The zero-order chi connectivity index (χ0) is 23.0. The van der Waals surface area contributed by atoms with Crippen LogP contribution in [0.4, 0.5) is 0 Å². The number of hydrogen-bond acceptors (Lipinski definition) is 4. The number of nitrogens with two attached hydrogens (primary N) is 1. The molecule has 5 nitrogen and oxygen atoms in total. The fraction of sp³-hybridized carbons (Fsp3) is 0.179. The Morgan fingerprint density at radius 3 is 2.42 bits per heavy atom. The Labute approximate surface area is 194 Å². The van der Waals surface area contributed by atoms with Crippen molar-refractivity contribution >= 4 is 23.1 Å². The molecule has 168 valence electrons. The van der Waals surface area contributed by atoms with Gasteiger partial charge in [-0.05, 0) is 47.5 Å². The molecule has 5 heteroatoms. The SMILES string of the molecule is COc1ccc2c(ccc(/C=C/c3ccc(OC)c(OCc4ccccc4)c3)[n+]2CCN)c1. The maximum Gasteiger partial charge on any atom is 0.213 e. The summed E-state index contributed by atoms with van der Waals surface area (Å²) in [6.07, 6.45) is 4.18. The summed E-state index contributed by atoms with van der Waals surface area (Å²) in [5.41, 5.74) is 10.2. The third kappa shape index (κ3) is 5.33. The maximum absolute atomic E-state index is 6.06. The highest BCUT2D eigenvalue weighted by molar-refractivity contribution is 5.79. The van der Waals surface area contributed by atoms with Crippen LogP contribution in [-0.4, -0.2) is 20.8 Å². The van der Waals surface area contributed by atoms with Gasteiger partial charge in [-0.15, -0.1) is 0 Å². The molecule has 0 amide bonds. The van der Waals surface area contributed by atoms with Gasteiger partial charge in [-0.1, -0.05) is 36.4 Å². The minimum absolute atomic E-state index is 0.481. The van der Waals surface area contributed by atoms with Crippen LogP contribution >= 0.6 is 0 Å². The Hall–Kier alpha value is -3.83. The summed E-state index contributed by atoms with van der Waals surface area (Å²) >= 11 is 0. The van der Waals surface area contributed by atoms with Gasteiger partial charge in [-0.3, -0.25) is 0 Å². The zero-order valence-corrected chi connectivity index (χ0v) is 19.0. The highest BCUT2D eigenvalue weighted by atomic mass is 16.5. The summed E-state index contributed by atoms with van der Waals surface area (Å²) in [6, 6.07) is 26.3. The molecule has 0 unspecified atom stereocenters. The smallest absolute Gasteiger partial charge is 0.213 e. The van der Waals surface area contributed by atoms with Gasteiger partial charge in [-0.2, -0.15) is 4.57 Å². The predicted octanol–water partition coefficient (Wildman–Crippen LogP) is 4.85. The van der Waals surface area contributed by atoms with E-state index in [0.717, 1.165) is 40.0 Å². The van der Waals surface area contributed by atoms with Crippen molar-refractivity contribution in [3.8, 4) is 17.2 Å². The summed E-state index contributed by atoms with van der Waals surface area (Å²) in [4.78, 5) is 0. The fourth-order valence-corrected chi connectivity index (χ4v) is 3.79. The predicted molar refractivity (Wildman–Crippen MR) is 132 cm³/mol. The second-order valence-corrected chi connectivity index (χ2v) is 7.64. The molecule has 0 saturated carbocycles. The molecule has 2 N–H and O–H groups in total. The largest absolute Gasteiger partial charge is 0.497 e. The van der Waals surface area contributed by atoms with Crippen molar-refractivity contribution < 1.29 is 18.8 Å². The topological polar surface area (TPSA) is 57.6 Å². The number of pyridine rings is 1. The molecule has 1 heterocycles. The van der Waals surface area contributed by atoms with Crippen molar-refractivity contribution in [1.82, 2.24) is 0 Å². The van der Waals surface area contributed by atoms with Crippen molar-refractivity contribution in [2.75, 3.05) is 20.8 Å². The lowest BCUT2D eigenvalue weighted by Gasteiger charge is -2.11. The average Bonchev–Trinajstić information content (AvgIpc) is 2.87. The number of benzene rings is 3. The molecule has 33 heavy (non-hydrogen) atoms. The van der Waals surface area contributed by atoms with Crippen LogP contribution in [0, 0.1) is 0 Å². The van der Waals surface area contributed by atoms with E-state index in [1.165, 1.54) is 0 Å². The van der Waals surface area contributed by atoms with Crippen LogP contribution < -0.4 is 24.5 Å². The normalized spacial score (nSPS) is 11.1. The van der Waals surface area contributed by atoms with Crippen LogP contribution in [0.3, 0.4) is 0 Å². The first-order valence-corrected chi connectivity index (χ1v) is 11.0. The van der Waals surface area contributed by atoms with Gasteiger partial charge in [0, 0.05) is 18.2 Å². The molecule has 4 rings (SSSR count). The third-order valence-corrected chi connectivity index (χ3v) is 5.49. The molecule has 0 aliphatic carbocycles. The molecule has 0 aliphatic heterocycles. The lowest BCUT2D eigenvalue weighted by molar-refractivity contribution is -0.670. The van der Waals surface area contributed by atoms with Crippen molar-refractivity contribution in [3.05, 3.63) is 95.7 Å². The van der Waals surface area contributed by atoms with Crippen molar-refractivity contribution in [2.24, 2.45) is 5.73 Å². The molecule has 0 fully saturated rings. The van der Waals surface area contributed by atoms with E-state index in [-0.39, 0.29) is 0 Å². The maximum atomic E-state index is 6.06. The van der Waals surface area contributed by atoms with Crippen LogP contribution in [0.5, 0.6) is 17.2 Å². The van der Waals surface area contributed by atoms with Crippen molar-refractivity contribution in [3.63, 3.8) is 0 Å². The quantitative estimate of drug-likeness (QED) is 0.377. The minimum atomic E-state index is 0.481. The van der Waals surface area contributed by atoms with Gasteiger partial charge in [0.25, 0.3) is 0 Å². The Balaban J connectivity index is 1.62. The monoisotopic (exact) mass is 441 g/mol. The molecule has 0 saturated heterocycles. The van der Waals surface area contributed by atoms with Gasteiger partial charge in [0.1, 0.15) is 12.4 Å². The van der Waals surface area contributed by atoms with Gasteiger partial charge in [0.2, 0.25) is 11.2 Å². The molecule has 0 radical (unpaired) electrons. The Bertz CT molecular complexity index is 1250. The summed E-state index contributed by atoms with van der Waals surface area (Å²) in [7, 11) is 3.33. The molecule has 3 aromatic carbocycles. The van der Waals surface area contributed by atoms with E-state index in [1.807, 2.05) is 60.7 Å².